The number of carbonyl (C=O) groups is 2. The largest absolute Gasteiger partial charge is 0.480 e. The number of urea groups is 1. The van der Waals surface area contributed by atoms with Crippen LogP contribution in [0, 0.1) is 6.92 Å². The van der Waals surface area contributed by atoms with Crippen LogP contribution in [0.5, 0.6) is 0 Å². The smallest absolute Gasteiger partial charge is 0.326 e. The van der Waals surface area contributed by atoms with E-state index in [1.807, 2.05) is 31.2 Å². The van der Waals surface area contributed by atoms with Gasteiger partial charge in [-0.2, -0.15) is 0 Å². The number of hydrogen-bond donors (Lipinski definition) is 1. The molecule has 0 aliphatic carbocycles. The molecule has 1 heterocycles. The molecule has 5 nitrogen and oxygen atoms in total. The molecule has 0 bridgehead atoms. The topological polar surface area (TPSA) is 60.9 Å². The van der Waals surface area contributed by atoms with Crippen LogP contribution in [-0.2, 0) is 4.79 Å². The van der Waals surface area contributed by atoms with Crippen LogP contribution in [0.3, 0.4) is 0 Å². The zero-order valence-electron chi connectivity index (χ0n) is 11.2. The van der Waals surface area contributed by atoms with Gasteiger partial charge in [-0.3, -0.25) is 4.90 Å². The van der Waals surface area contributed by atoms with Crippen LogP contribution in [0.4, 0.5) is 10.5 Å². The Morgan fingerprint density at radius 1 is 1.37 bits per heavy atom. The van der Waals surface area contributed by atoms with Gasteiger partial charge in [0, 0.05) is 19.3 Å². The molecule has 5 heteroatoms. The molecule has 102 valence electrons. The van der Waals surface area contributed by atoms with E-state index in [9.17, 15) is 9.59 Å². The van der Waals surface area contributed by atoms with E-state index in [0.717, 1.165) is 17.7 Å². The maximum Gasteiger partial charge on any atom is 0.326 e. The fraction of sp³-hybridized carbons (Fsp3) is 0.429. The minimum absolute atomic E-state index is 0.251. The first-order valence-electron chi connectivity index (χ1n) is 6.35. The van der Waals surface area contributed by atoms with Gasteiger partial charge in [-0.05, 0) is 31.4 Å². The lowest BCUT2D eigenvalue weighted by Crippen LogP contribution is -2.47. The number of hydrogen-bond acceptors (Lipinski definition) is 2. The van der Waals surface area contributed by atoms with Crippen LogP contribution in [0.15, 0.2) is 24.3 Å². The third-order valence-corrected chi connectivity index (χ3v) is 3.55. The van der Waals surface area contributed by atoms with Crippen molar-refractivity contribution in [1.82, 2.24) is 4.90 Å². The lowest BCUT2D eigenvalue weighted by Gasteiger charge is -2.28. The molecule has 2 rings (SSSR count). The van der Waals surface area contributed by atoms with Gasteiger partial charge < -0.3 is 10.0 Å². The molecule has 0 radical (unpaired) electrons. The van der Waals surface area contributed by atoms with E-state index in [2.05, 4.69) is 0 Å². The minimum atomic E-state index is -0.927. The number of nitrogens with zero attached hydrogens (tertiary/aromatic N) is 2. The van der Waals surface area contributed by atoms with Gasteiger partial charge in [0.25, 0.3) is 0 Å². The van der Waals surface area contributed by atoms with Crippen molar-refractivity contribution in [2.45, 2.75) is 25.8 Å². The quantitative estimate of drug-likeness (QED) is 0.887. The zero-order valence-corrected chi connectivity index (χ0v) is 11.2. The molecule has 19 heavy (non-hydrogen) atoms. The molecular formula is C14H18N2O3. The highest BCUT2D eigenvalue weighted by Crippen LogP contribution is 2.23. The standard InChI is InChI=1S/C14H18N2O3/c1-10-6-3-4-7-11(10)15(2)14(19)16-9-5-8-12(16)13(17)18/h3-4,6-7,12H,5,8-9H2,1-2H3,(H,17,18)/t12-/m1/s1. The van der Waals surface area contributed by atoms with Gasteiger partial charge in [0.05, 0.1) is 0 Å². The van der Waals surface area contributed by atoms with Crippen molar-refractivity contribution in [3.05, 3.63) is 29.8 Å². The summed E-state index contributed by atoms with van der Waals surface area (Å²) in [7, 11) is 1.68. The van der Waals surface area contributed by atoms with Crippen molar-refractivity contribution < 1.29 is 14.7 Å². The van der Waals surface area contributed by atoms with Gasteiger partial charge in [-0.1, -0.05) is 18.2 Å². The lowest BCUT2D eigenvalue weighted by molar-refractivity contribution is -0.141. The van der Waals surface area contributed by atoms with E-state index >= 15 is 0 Å². The summed E-state index contributed by atoms with van der Waals surface area (Å²) in [5, 5.41) is 9.13. The average molecular weight is 262 g/mol. The molecule has 1 aliphatic rings. The summed E-state index contributed by atoms with van der Waals surface area (Å²) < 4.78 is 0. The predicted octanol–water partition coefficient (Wildman–Crippen LogP) is 2.10. The summed E-state index contributed by atoms with van der Waals surface area (Å²) in [4.78, 5) is 26.5. The monoisotopic (exact) mass is 262 g/mol. The first-order valence-corrected chi connectivity index (χ1v) is 6.35. The average Bonchev–Trinajstić information content (AvgIpc) is 2.87. The molecule has 1 aromatic carbocycles. The Labute approximate surface area is 112 Å². The molecule has 1 fully saturated rings. The second-order valence-corrected chi connectivity index (χ2v) is 4.82. The Morgan fingerprint density at radius 3 is 2.68 bits per heavy atom. The van der Waals surface area contributed by atoms with E-state index in [0.29, 0.717) is 13.0 Å². The SMILES string of the molecule is Cc1ccccc1N(C)C(=O)N1CCC[C@@H]1C(=O)O. The summed E-state index contributed by atoms with van der Waals surface area (Å²) in [6, 6.07) is 6.62. The first-order chi connectivity index (χ1) is 9.02. The Bertz CT molecular complexity index is 501. The molecule has 1 atom stereocenters. The number of carbonyl (C=O) groups excluding carboxylic acids is 1. The molecule has 1 saturated heterocycles. The molecule has 0 aromatic heterocycles. The summed E-state index contributed by atoms with van der Waals surface area (Å²) in [6.45, 7) is 2.43. The molecule has 1 N–H and O–H groups in total. The van der Waals surface area contributed by atoms with E-state index in [1.54, 1.807) is 7.05 Å². The summed E-state index contributed by atoms with van der Waals surface area (Å²) in [6.07, 6.45) is 1.27. The van der Waals surface area contributed by atoms with Crippen LogP contribution in [0.1, 0.15) is 18.4 Å². The van der Waals surface area contributed by atoms with Crippen molar-refractivity contribution in [2.24, 2.45) is 0 Å². The number of benzene rings is 1. The second-order valence-electron chi connectivity index (χ2n) is 4.82. The van der Waals surface area contributed by atoms with Crippen molar-refractivity contribution in [2.75, 3.05) is 18.5 Å². The fourth-order valence-corrected chi connectivity index (χ4v) is 2.49. The number of amides is 2. The highest BCUT2D eigenvalue weighted by Gasteiger charge is 2.35. The lowest BCUT2D eigenvalue weighted by atomic mass is 10.2. The third-order valence-electron chi connectivity index (χ3n) is 3.55. The summed E-state index contributed by atoms with van der Waals surface area (Å²) >= 11 is 0. The predicted molar refractivity (Wildman–Crippen MR) is 72.3 cm³/mol. The zero-order chi connectivity index (χ0) is 14.0. The van der Waals surface area contributed by atoms with Crippen LogP contribution in [0.25, 0.3) is 0 Å². The number of carboxylic acid groups (broad SMARTS) is 1. The van der Waals surface area contributed by atoms with Crippen molar-refractivity contribution in [3.63, 3.8) is 0 Å². The number of aliphatic carboxylic acids is 1. The van der Waals surface area contributed by atoms with Crippen LogP contribution in [-0.4, -0.2) is 41.6 Å². The molecule has 1 aliphatic heterocycles. The van der Waals surface area contributed by atoms with Crippen LogP contribution < -0.4 is 4.90 Å². The summed E-state index contributed by atoms with van der Waals surface area (Å²) in [5.41, 5.74) is 1.80. The molecule has 0 saturated carbocycles. The highest BCUT2D eigenvalue weighted by molar-refractivity contribution is 5.95. The number of aryl methyl sites for hydroxylation is 1. The Morgan fingerprint density at radius 2 is 2.05 bits per heavy atom. The minimum Gasteiger partial charge on any atom is -0.480 e. The number of carboxylic acids is 1. The normalized spacial score (nSPS) is 18.4. The maximum absolute atomic E-state index is 12.4. The first kappa shape index (κ1) is 13.4. The maximum atomic E-state index is 12.4. The van der Waals surface area contributed by atoms with Gasteiger partial charge >= 0.3 is 12.0 Å². The summed E-state index contributed by atoms with van der Waals surface area (Å²) in [5.74, 6) is -0.927. The van der Waals surface area contributed by atoms with E-state index in [1.165, 1.54) is 9.80 Å². The van der Waals surface area contributed by atoms with E-state index < -0.39 is 12.0 Å². The van der Waals surface area contributed by atoms with Gasteiger partial charge in [-0.15, -0.1) is 0 Å². The van der Waals surface area contributed by atoms with Crippen LogP contribution >= 0.6 is 0 Å². The van der Waals surface area contributed by atoms with Gasteiger partial charge in [0.1, 0.15) is 6.04 Å². The van der Waals surface area contributed by atoms with Crippen molar-refractivity contribution in [1.29, 1.82) is 0 Å². The van der Waals surface area contributed by atoms with Crippen molar-refractivity contribution in [3.8, 4) is 0 Å². The molecular weight excluding hydrogens is 244 g/mol. The fourth-order valence-electron chi connectivity index (χ4n) is 2.49. The Hall–Kier alpha value is -2.04. The number of para-hydroxylation sites is 1. The van der Waals surface area contributed by atoms with Crippen LogP contribution in [0.2, 0.25) is 0 Å². The molecule has 0 spiro atoms. The Balaban J connectivity index is 2.20. The Kier molecular flexibility index (Phi) is 3.74. The second kappa shape index (κ2) is 5.30. The van der Waals surface area contributed by atoms with Gasteiger partial charge in [0.15, 0.2) is 0 Å². The number of rotatable bonds is 2. The molecule has 0 unspecified atom stereocenters. The van der Waals surface area contributed by atoms with Gasteiger partial charge in [-0.25, -0.2) is 9.59 Å². The van der Waals surface area contributed by atoms with Gasteiger partial charge in [0.2, 0.25) is 0 Å². The third kappa shape index (κ3) is 2.54. The van der Waals surface area contributed by atoms with E-state index in [-0.39, 0.29) is 6.03 Å². The molecule has 1 aromatic rings. The number of anilines is 1. The molecule has 2 amide bonds. The number of likely N-dealkylation sites (tertiary alicyclic amines) is 1. The van der Waals surface area contributed by atoms with Crippen molar-refractivity contribution >= 4 is 17.7 Å². The highest BCUT2D eigenvalue weighted by atomic mass is 16.4. The van der Waals surface area contributed by atoms with E-state index in [4.69, 9.17) is 5.11 Å².